The van der Waals surface area contributed by atoms with E-state index in [9.17, 15) is 4.79 Å². The van der Waals surface area contributed by atoms with Crippen LogP contribution >= 0.6 is 0 Å². The first-order valence-corrected chi connectivity index (χ1v) is 8.91. The molecule has 2 aromatic rings. The van der Waals surface area contributed by atoms with Crippen molar-refractivity contribution in [2.75, 3.05) is 5.32 Å². The average molecular weight is 325 g/mol. The first kappa shape index (κ1) is 18.1. The number of hydrogen-bond acceptors (Lipinski definition) is 2. The zero-order valence-electron chi connectivity index (χ0n) is 14.5. The normalized spacial score (nSPS) is 10.4. The second-order valence-corrected chi connectivity index (χ2v) is 6.04. The van der Waals surface area contributed by atoms with Gasteiger partial charge in [-0.2, -0.15) is 0 Å². The van der Waals surface area contributed by atoms with E-state index in [4.69, 9.17) is 4.74 Å². The van der Waals surface area contributed by atoms with Gasteiger partial charge in [-0.15, -0.1) is 0 Å². The van der Waals surface area contributed by atoms with Crippen molar-refractivity contribution in [2.45, 2.75) is 51.9 Å². The third kappa shape index (κ3) is 6.86. The third-order valence-corrected chi connectivity index (χ3v) is 3.97. The molecule has 0 saturated carbocycles. The van der Waals surface area contributed by atoms with Crippen LogP contribution in [0.5, 0.6) is 5.75 Å². The van der Waals surface area contributed by atoms with Gasteiger partial charge in [0.05, 0.1) is 0 Å². The molecule has 0 heterocycles. The summed E-state index contributed by atoms with van der Waals surface area (Å²) in [5, 5.41) is 2.75. The Morgan fingerprint density at radius 1 is 0.875 bits per heavy atom. The van der Waals surface area contributed by atoms with Crippen molar-refractivity contribution < 1.29 is 9.53 Å². The molecule has 0 bridgehead atoms. The first-order valence-electron chi connectivity index (χ1n) is 8.91. The summed E-state index contributed by atoms with van der Waals surface area (Å²) in [6, 6.07) is 17.1. The van der Waals surface area contributed by atoms with E-state index in [1.165, 1.54) is 44.1 Å². The van der Waals surface area contributed by atoms with E-state index in [1.807, 2.05) is 30.3 Å². The zero-order valence-corrected chi connectivity index (χ0v) is 14.5. The van der Waals surface area contributed by atoms with Crippen LogP contribution in [0.4, 0.5) is 10.5 Å². The van der Waals surface area contributed by atoms with Gasteiger partial charge in [-0.1, -0.05) is 69.4 Å². The lowest BCUT2D eigenvalue weighted by atomic mass is 10.0. The van der Waals surface area contributed by atoms with Gasteiger partial charge in [0.2, 0.25) is 0 Å². The summed E-state index contributed by atoms with van der Waals surface area (Å²) >= 11 is 0. The maximum Gasteiger partial charge on any atom is 0.417 e. The number of carbonyl (C=O) groups is 1. The van der Waals surface area contributed by atoms with Crippen molar-refractivity contribution in [3.8, 4) is 5.75 Å². The third-order valence-electron chi connectivity index (χ3n) is 3.97. The summed E-state index contributed by atoms with van der Waals surface area (Å²) < 4.78 is 5.21. The molecular formula is C21H27NO2. The SMILES string of the molecule is CCCCCCCCc1ccc(NC(=O)Oc2ccccc2)cc1. The number of carbonyl (C=O) groups excluding carboxylic acids is 1. The lowest BCUT2D eigenvalue weighted by Crippen LogP contribution is -2.16. The van der Waals surface area contributed by atoms with Crippen LogP contribution in [-0.4, -0.2) is 6.09 Å². The highest BCUT2D eigenvalue weighted by molar-refractivity contribution is 5.86. The van der Waals surface area contributed by atoms with Crippen LogP contribution in [0.25, 0.3) is 0 Å². The minimum Gasteiger partial charge on any atom is -0.410 e. The van der Waals surface area contributed by atoms with Gasteiger partial charge in [-0.05, 0) is 42.7 Å². The van der Waals surface area contributed by atoms with E-state index in [1.54, 1.807) is 12.1 Å². The zero-order chi connectivity index (χ0) is 17.0. The van der Waals surface area contributed by atoms with E-state index in [0.717, 1.165) is 12.1 Å². The Balaban J connectivity index is 1.70. The maximum atomic E-state index is 11.8. The molecule has 0 aliphatic heterocycles. The summed E-state index contributed by atoms with van der Waals surface area (Å²) in [6.07, 6.45) is 8.48. The molecule has 128 valence electrons. The van der Waals surface area contributed by atoms with E-state index < -0.39 is 6.09 Å². The molecule has 0 aromatic heterocycles. The Labute approximate surface area is 145 Å². The highest BCUT2D eigenvalue weighted by Gasteiger charge is 2.04. The topological polar surface area (TPSA) is 38.3 Å². The summed E-state index contributed by atoms with van der Waals surface area (Å²) in [5.74, 6) is 0.537. The summed E-state index contributed by atoms with van der Waals surface area (Å²) in [7, 11) is 0. The lowest BCUT2D eigenvalue weighted by Gasteiger charge is -2.07. The Hall–Kier alpha value is -2.29. The number of hydrogen-bond donors (Lipinski definition) is 1. The quantitative estimate of drug-likeness (QED) is 0.557. The largest absolute Gasteiger partial charge is 0.417 e. The number of nitrogens with one attached hydrogen (secondary N) is 1. The Bertz CT molecular complexity index is 593. The van der Waals surface area contributed by atoms with Crippen molar-refractivity contribution >= 4 is 11.8 Å². The lowest BCUT2D eigenvalue weighted by molar-refractivity contribution is 0.215. The van der Waals surface area contributed by atoms with Gasteiger partial charge in [0.1, 0.15) is 5.75 Å². The number of anilines is 1. The number of rotatable bonds is 9. The van der Waals surface area contributed by atoms with Crippen molar-refractivity contribution in [2.24, 2.45) is 0 Å². The van der Waals surface area contributed by atoms with Crippen molar-refractivity contribution in [3.63, 3.8) is 0 Å². The monoisotopic (exact) mass is 325 g/mol. The van der Waals surface area contributed by atoms with Gasteiger partial charge in [-0.3, -0.25) is 5.32 Å². The molecule has 0 aliphatic carbocycles. The number of unbranched alkanes of at least 4 members (excludes halogenated alkanes) is 5. The Kier molecular flexibility index (Phi) is 7.88. The fraction of sp³-hybridized carbons (Fsp3) is 0.381. The number of ether oxygens (including phenoxy) is 1. The van der Waals surface area contributed by atoms with E-state index in [0.29, 0.717) is 5.75 Å². The summed E-state index contributed by atoms with van der Waals surface area (Å²) in [4.78, 5) is 11.8. The van der Waals surface area contributed by atoms with Crippen molar-refractivity contribution in [1.82, 2.24) is 0 Å². The fourth-order valence-electron chi connectivity index (χ4n) is 2.60. The summed E-state index contributed by atoms with van der Waals surface area (Å²) in [6.45, 7) is 2.24. The standard InChI is InChI=1S/C21H27NO2/c1-2-3-4-5-6-8-11-18-14-16-19(17-15-18)22-21(23)24-20-12-9-7-10-13-20/h7,9-10,12-17H,2-6,8,11H2,1H3,(H,22,23). The molecule has 0 aliphatic rings. The molecule has 1 amide bonds. The van der Waals surface area contributed by atoms with E-state index in [2.05, 4.69) is 24.4 Å². The molecule has 0 radical (unpaired) electrons. The van der Waals surface area contributed by atoms with Gasteiger partial charge in [0.15, 0.2) is 0 Å². The number of amides is 1. The number of aryl methyl sites for hydroxylation is 1. The highest BCUT2D eigenvalue weighted by atomic mass is 16.6. The van der Waals surface area contributed by atoms with Crippen LogP contribution < -0.4 is 10.1 Å². The molecule has 0 unspecified atom stereocenters. The van der Waals surface area contributed by atoms with Crippen LogP contribution in [-0.2, 0) is 6.42 Å². The molecule has 2 rings (SSSR count). The first-order chi connectivity index (χ1) is 11.8. The average Bonchev–Trinajstić information content (AvgIpc) is 2.60. The van der Waals surface area contributed by atoms with Crippen molar-refractivity contribution in [3.05, 3.63) is 60.2 Å². The molecule has 2 aromatic carbocycles. The number of para-hydroxylation sites is 1. The van der Waals surface area contributed by atoms with Crippen molar-refractivity contribution in [1.29, 1.82) is 0 Å². The molecular weight excluding hydrogens is 298 g/mol. The predicted octanol–water partition coefficient (Wildman–Crippen LogP) is 6.20. The van der Waals surface area contributed by atoms with Crippen LogP contribution in [0.1, 0.15) is 51.0 Å². The molecule has 0 saturated heterocycles. The number of benzene rings is 2. The van der Waals surface area contributed by atoms with Gasteiger partial charge in [0.25, 0.3) is 0 Å². The molecule has 3 heteroatoms. The minimum atomic E-state index is -0.468. The molecule has 0 fully saturated rings. The van der Waals surface area contributed by atoms with Crippen LogP contribution in [0.2, 0.25) is 0 Å². The smallest absolute Gasteiger partial charge is 0.410 e. The van der Waals surface area contributed by atoms with E-state index >= 15 is 0 Å². The van der Waals surface area contributed by atoms with Crippen LogP contribution in [0.3, 0.4) is 0 Å². The maximum absolute atomic E-state index is 11.8. The highest BCUT2D eigenvalue weighted by Crippen LogP contribution is 2.15. The fourth-order valence-corrected chi connectivity index (χ4v) is 2.60. The predicted molar refractivity (Wildman–Crippen MR) is 99.6 cm³/mol. The van der Waals surface area contributed by atoms with Gasteiger partial charge in [-0.25, -0.2) is 4.79 Å². The molecule has 0 atom stereocenters. The second kappa shape index (κ2) is 10.5. The molecule has 24 heavy (non-hydrogen) atoms. The summed E-state index contributed by atoms with van der Waals surface area (Å²) in [5.41, 5.74) is 2.06. The Morgan fingerprint density at radius 3 is 2.25 bits per heavy atom. The van der Waals surface area contributed by atoms with Crippen LogP contribution in [0.15, 0.2) is 54.6 Å². The minimum absolute atomic E-state index is 0.468. The van der Waals surface area contributed by atoms with E-state index in [-0.39, 0.29) is 0 Å². The van der Waals surface area contributed by atoms with Crippen LogP contribution in [0, 0.1) is 0 Å². The van der Waals surface area contributed by atoms with Gasteiger partial charge >= 0.3 is 6.09 Å². The molecule has 0 spiro atoms. The second-order valence-electron chi connectivity index (χ2n) is 6.04. The molecule has 3 nitrogen and oxygen atoms in total. The van der Waals surface area contributed by atoms with Gasteiger partial charge in [0, 0.05) is 5.69 Å². The van der Waals surface area contributed by atoms with Gasteiger partial charge < -0.3 is 4.74 Å². The molecule has 1 N–H and O–H groups in total. The Morgan fingerprint density at radius 2 is 1.54 bits per heavy atom.